The molecule has 0 fully saturated rings. The topological polar surface area (TPSA) is 115 Å². The monoisotopic (exact) mass is 304 g/mol. The summed E-state index contributed by atoms with van der Waals surface area (Å²) in [6.07, 6.45) is 4.72. The van der Waals surface area contributed by atoms with Crippen LogP contribution in [0.5, 0.6) is 0 Å². The molecule has 1 atom stereocenters. The molecule has 0 bridgehead atoms. The number of imidazole rings is 1. The number of nitrogens with two attached hydrogens (primary N) is 1. The lowest BCUT2D eigenvalue weighted by Crippen LogP contribution is -2.11. The standard InChI is InChI=1S/C14H14ClN5.H3N/c15-10-3-1-9(2-4-10)11(16)5-6-12-13-14(19-7-17-12)20-8-18-13;/h1-4,7-8,11H,5-6,16H2,(H,17,18,19,20);1H3. The second-order valence-corrected chi connectivity index (χ2v) is 5.05. The van der Waals surface area contributed by atoms with Crippen LogP contribution in [0.4, 0.5) is 0 Å². The first-order valence-electron chi connectivity index (χ1n) is 6.38. The van der Waals surface area contributed by atoms with Gasteiger partial charge in [0.2, 0.25) is 0 Å². The van der Waals surface area contributed by atoms with Crippen LogP contribution >= 0.6 is 11.6 Å². The molecule has 0 amide bonds. The molecule has 1 aromatic carbocycles. The van der Waals surface area contributed by atoms with Crippen molar-refractivity contribution in [2.75, 3.05) is 0 Å². The Hall–Kier alpha value is -2.02. The lowest BCUT2D eigenvalue weighted by molar-refractivity contribution is 0.645. The number of fused-ring (bicyclic) bond motifs is 1. The number of nitrogens with one attached hydrogen (secondary N) is 1. The van der Waals surface area contributed by atoms with Gasteiger partial charge in [-0.3, -0.25) is 0 Å². The van der Waals surface area contributed by atoms with Crippen LogP contribution in [-0.2, 0) is 6.42 Å². The zero-order chi connectivity index (χ0) is 13.9. The molecule has 3 rings (SSSR count). The average molecular weight is 305 g/mol. The maximum Gasteiger partial charge on any atom is 0.160 e. The minimum absolute atomic E-state index is 0. The Labute approximate surface area is 127 Å². The van der Waals surface area contributed by atoms with Gasteiger partial charge in [-0.05, 0) is 30.5 Å². The van der Waals surface area contributed by atoms with Crippen LogP contribution in [0.2, 0.25) is 5.02 Å². The molecule has 2 heterocycles. The highest BCUT2D eigenvalue weighted by molar-refractivity contribution is 6.30. The average Bonchev–Trinajstić information content (AvgIpc) is 2.94. The molecule has 6 nitrogen and oxygen atoms in total. The van der Waals surface area contributed by atoms with Crippen molar-refractivity contribution in [2.24, 2.45) is 5.73 Å². The van der Waals surface area contributed by atoms with E-state index in [0.717, 1.165) is 40.3 Å². The maximum atomic E-state index is 6.20. The summed E-state index contributed by atoms with van der Waals surface area (Å²) >= 11 is 5.87. The van der Waals surface area contributed by atoms with Gasteiger partial charge >= 0.3 is 0 Å². The number of halogens is 1. The Bertz CT molecular complexity index is 709. The zero-order valence-electron chi connectivity index (χ0n) is 11.5. The van der Waals surface area contributed by atoms with E-state index in [4.69, 9.17) is 17.3 Å². The number of nitrogens with zero attached hydrogens (tertiary/aromatic N) is 3. The Kier molecular flexibility index (Phi) is 4.85. The van der Waals surface area contributed by atoms with Crippen molar-refractivity contribution in [1.29, 1.82) is 0 Å². The predicted octanol–water partition coefficient (Wildman–Crippen LogP) is 2.80. The lowest BCUT2D eigenvalue weighted by Gasteiger charge is -2.11. The minimum atomic E-state index is -0.0452. The van der Waals surface area contributed by atoms with Gasteiger partial charge < -0.3 is 16.9 Å². The summed E-state index contributed by atoms with van der Waals surface area (Å²) in [6, 6.07) is 7.57. The fourth-order valence-corrected chi connectivity index (χ4v) is 2.29. The summed E-state index contributed by atoms with van der Waals surface area (Å²) < 4.78 is 0. The van der Waals surface area contributed by atoms with E-state index in [1.54, 1.807) is 12.7 Å². The Morgan fingerprint density at radius 2 is 1.90 bits per heavy atom. The first-order chi connectivity index (χ1) is 9.74. The van der Waals surface area contributed by atoms with Crippen LogP contribution in [-0.4, -0.2) is 19.9 Å². The molecule has 7 heteroatoms. The van der Waals surface area contributed by atoms with Gasteiger partial charge in [0, 0.05) is 11.1 Å². The van der Waals surface area contributed by atoms with Gasteiger partial charge in [-0.1, -0.05) is 23.7 Å². The largest absolute Gasteiger partial charge is 0.344 e. The van der Waals surface area contributed by atoms with Crippen molar-refractivity contribution in [1.82, 2.24) is 26.1 Å². The van der Waals surface area contributed by atoms with Gasteiger partial charge in [0.1, 0.15) is 11.8 Å². The predicted molar refractivity (Wildman–Crippen MR) is 83.4 cm³/mol. The van der Waals surface area contributed by atoms with Crippen molar-refractivity contribution in [2.45, 2.75) is 18.9 Å². The zero-order valence-corrected chi connectivity index (χ0v) is 12.2. The molecule has 0 saturated carbocycles. The molecule has 0 spiro atoms. The van der Waals surface area contributed by atoms with Gasteiger partial charge in [-0.25, -0.2) is 15.0 Å². The van der Waals surface area contributed by atoms with Gasteiger partial charge in [0.15, 0.2) is 5.65 Å². The smallest absolute Gasteiger partial charge is 0.160 e. The number of rotatable bonds is 4. The summed E-state index contributed by atoms with van der Waals surface area (Å²) in [4.78, 5) is 15.6. The lowest BCUT2D eigenvalue weighted by atomic mass is 10.0. The van der Waals surface area contributed by atoms with Crippen molar-refractivity contribution >= 4 is 22.8 Å². The third-order valence-electron chi connectivity index (χ3n) is 3.28. The minimum Gasteiger partial charge on any atom is -0.344 e. The normalized spacial score (nSPS) is 12.1. The molecular formula is C14H17ClN6. The molecule has 0 aliphatic carbocycles. The number of benzene rings is 1. The molecule has 3 aromatic rings. The van der Waals surface area contributed by atoms with Crippen molar-refractivity contribution in [3.8, 4) is 0 Å². The highest BCUT2D eigenvalue weighted by Gasteiger charge is 2.10. The Morgan fingerprint density at radius 1 is 1.14 bits per heavy atom. The highest BCUT2D eigenvalue weighted by Crippen LogP contribution is 2.20. The number of H-pyrrole nitrogens is 1. The van der Waals surface area contributed by atoms with Gasteiger partial charge in [0.25, 0.3) is 0 Å². The molecule has 21 heavy (non-hydrogen) atoms. The SMILES string of the molecule is N.NC(CCc1ncnc2[nH]cnc12)c1ccc(Cl)cc1. The van der Waals surface area contributed by atoms with E-state index in [2.05, 4.69) is 19.9 Å². The molecule has 2 aromatic heterocycles. The molecule has 0 aliphatic rings. The highest BCUT2D eigenvalue weighted by atomic mass is 35.5. The van der Waals surface area contributed by atoms with Crippen LogP contribution in [0.1, 0.15) is 23.7 Å². The number of hydrogen-bond acceptors (Lipinski definition) is 5. The van der Waals surface area contributed by atoms with Crippen molar-refractivity contribution in [3.05, 3.63) is 53.2 Å². The van der Waals surface area contributed by atoms with Gasteiger partial charge in [-0.2, -0.15) is 0 Å². The van der Waals surface area contributed by atoms with Gasteiger partial charge in [-0.15, -0.1) is 0 Å². The Balaban J connectivity index is 0.00000161. The van der Waals surface area contributed by atoms with Crippen LogP contribution in [0, 0.1) is 0 Å². The van der Waals surface area contributed by atoms with Crippen LogP contribution in [0.25, 0.3) is 11.2 Å². The molecular weight excluding hydrogens is 288 g/mol. The van der Waals surface area contributed by atoms with E-state index in [-0.39, 0.29) is 12.2 Å². The third kappa shape index (κ3) is 3.36. The van der Waals surface area contributed by atoms with E-state index >= 15 is 0 Å². The van der Waals surface area contributed by atoms with Crippen LogP contribution in [0.3, 0.4) is 0 Å². The molecule has 0 saturated heterocycles. The second-order valence-electron chi connectivity index (χ2n) is 4.62. The first-order valence-corrected chi connectivity index (χ1v) is 6.76. The van der Waals surface area contributed by atoms with Crippen molar-refractivity contribution in [3.63, 3.8) is 0 Å². The van der Waals surface area contributed by atoms with E-state index in [9.17, 15) is 0 Å². The van der Waals surface area contributed by atoms with Crippen LogP contribution in [0.15, 0.2) is 36.9 Å². The fraction of sp³-hybridized carbons (Fsp3) is 0.214. The number of aromatic nitrogens is 4. The Morgan fingerprint density at radius 3 is 2.67 bits per heavy atom. The molecule has 6 N–H and O–H groups in total. The molecule has 0 aliphatic heterocycles. The van der Waals surface area contributed by atoms with E-state index in [1.165, 1.54) is 0 Å². The summed E-state index contributed by atoms with van der Waals surface area (Å²) in [7, 11) is 0. The molecule has 0 radical (unpaired) electrons. The molecule has 110 valence electrons. The summed E-state index contributed by atoms with van der Waals surface area (Å²) in [6.45, 7) is 0. The summed E-state index contributed by atoms with van der Waals surface area (Å²) in [5.74, 6) is 0. The molecule has 1 unspecified atom stereocenters. The van der Waals surface area contributed by atoms with Gasteiger partial charge in [0.05, 0.1) is 12.0 Å². The van der Waals surface area contributed by atoms with E-state index in [0.29, 0.717) is 0 Å². The number of aromatic amines is 1. The number of hydrogen-bond donors (Lipinski definition) is 3. The summed E-state index contributed by atoms with van der Waals surface area (Å²) in [5, 5.41) is 0.718. The van der Waals surface area contributed by atoms with Crippen molar-refractivity contribution < 1.29 is 0 Å². The quantitative estimate of drug-likeness (QED) is 0.685. The second kappa shape index (κ2) is 6.62. The van der Waals surface area contributed by atoms with E-state index in [1.807, 2.05) is 24.3 Å². The fourth-order valence-electron chi connectivity index (χ4n) is 2.17. The summed E-state index contributed by atoms with van der Waals surface area (Å²) in [5.41, 5.74) is 9.76. The first kappa shape index (κ1) is 15.4. The number of aryl methyl sites for hydroxylation is 1. The maximum absolute atomic E-state index is 6.20. The third-order valence-corrected chi connectivity index (χ3v) is 3.54. The van der Waals surface area contributed by atoms with E-state index < -0.39 is 0 Å². The van der Waals surface area contributed by atoms with Crippen LogP contribution < -0.4 is 11.9 Å².